The molecular formula is C17H22N4O6. The number of methoxy groups -OCH3 is 1. The Labute approximate surface area is 156 Å². The fourth-order valence-electron chi connectivity index (χ4n) is 2.26. The Morgan fingerprint density at radius 1 is 1.41 bits per heavy atom. The van der Waals surface area contributed by atoms with Crippen LogP contribution in [0.5, 0.6) is 0 Å². The molecule has 0 atom stereocenters. The molecule has 0 aliphatic heterocycles. The van der Waals surface area contributed by atoms with Crippen molar-refractivity contribution in [2.45, 2.75) is 26.9 Å². The summed E-state index contributed by atoms with van der Waals surface area (Å²) in [6, 6.07) is 3.93. The average molecular weight is 378 g/mol. The van der Waals surface area contributed by atoms with Gasteiger partial charge in [-0.15, -0.1) is 0 Å². The van der Waals surface area contributed by atoms with Gasteiger partial charge in [0, 0.05) is 37.9 Å². The van der Waals surface area contributed by atoms with Crippen molar-refractivity contribution in [3.05, 3.63) is 45.6 Å². The Morgan fingerprint density at radius 2 is 2.19 bits per heavy atom. The molecule has 0 saturated heterocycles. The lowest BCUT2D eigenvalue weighted by Crippen LogP contribution is -2.13. The third kappa shape index (κ3) is 6.03. The zero-order valence-corrected chi connectivity index (χ0v) is 15.4. The molecule has 2 rings (SSSR count). The Bertz CT molecular complexity index is 789. The normalized spacial score (nSPS) is 10.8. The zero-order chi connectivity index (χ0) is 19.8. The first-order valence-corrected chi connectivity index (χ1v) is 8.40. The number of hydrogen-bond donors (Lipinski definition) is 1. The summed E-state index contributed by atoms with van der Waals surface area (Å²) < 4.78 is 15.2. The lowest BCUT2D eigenvalue weighted by Gasteiger charge is -2.11. The number of ether oxygens (including phenoxy) is 2. The quantitative estimate of drug-likeness (QED) is 0.287. The molecule has 0 saturated carbocycles. The van der Waals surface area contributed by atoms with Gasteiger partial charge in [0.1, 0.15) is 0 Å². The van der Waals surface area contributed by atoms with E-state index < -0.39 is 10.9 Å². The molecule has 1 heterocycles. The monoisotopic (exact) mass is 378 g/mol. The maximum Gasteiger partial charge on any atom is 0.341 e. The van der Waals surface area contributed by atoms with Crippen molar-refractivity contribution >= 4 is 17.3 Å². The summed E-state index contributed by atoms with van der Waals surface area (Å²) in [5.41, 5.74) is 0.243. The molecule has 1 aromatic heterocycles. The molecule has 0 spiro atoms. The largest absolute Gasteiger partial charge is 0.452 e. The number of carbonyl (C=O) groups excluding carboxylic acids is 1. The fraction of sp³-hybridized carbons (Fsp3) is 0.471. The van der Waals surface area contributed by atoms with Crippen LogP contribution in [0.15, 0.2) is 22.7 Å². The smallest absolute Gasteiger partial charge is 0.341 e. The van der Waals surface area contributed by atoms with E-state index in [1.807, 2.05) is 13.8 Å². The molecular weight excluding hydrogens is 356 g/mol. The predicted octanol–water partition coefficient (Wildman–Crippen LogP) is 2.59. The molecule has 10 heteroatoms. The predicted molar refractivity (Wildman–Crippen MR) is 95.4 cm³/mol. The van der Waals surface area contributed by atoms with Gasteiger partial charge in [0.15, 0.2) is 12.4 Å². The van der Waals surface area contributed by atoms with Gasteiger partial charge in [-0.05, 0) is 12.0 Å². The molecule has 0 aliphatic rings. The van der Waals surface area contributed by atoms with Crippen LogP contribution in [-0.2, 0) is 22.5 Å². The van der Waals surface area contributed by atoms with Crippen LogP contribution in [0.4, 0.5) is 11.4 Å². The highest BCUT2D eigenvalue weighted by molar-refractivity contribution is 5.96. The summed E-state index contributed by atoms with van der Waals surface area (Å²) in [7, 11) is 1.55. The summed E-state index contributed by atoms with van der Waals surface area (Å²) in [5, 5.41) is 17.8. The number of hydrogen-bond acceptors (Lipinski definition) is 9. The minimum absolute atomic E-state index is 0.0437. The van der Waals surface area contributed by atoms with Crippen molar-refractivity contribution in [1.29, 1.82) is 0 Å². The minimum Gasteiger partial charge on any atom is -0.452 e. The van der Waals surface area contributed by atoms with Crippen molar-refractivity contribution in [3.8, 4) is 0 Å². The molecule has 1 N–H and O–H groups in total. The Kier molecular flexibility index (Phi) is 7.24. The number of non-ortho nitro benzene ring substituents is 1. The molecule has 0 aliphatic carbocycles. The van der Waals surface area contributed by atoms with Crippen molar-refractivity contribution in [2.24, 2.45) is 5.92 Å². The van der Waals surface area contributed by atoms with E-state index in [4.69, 9.17) is 14.0 Å². The number of esters is 1. The number of carbonyl (C=O) groups is 1. The van der Waals surface area contributed by atoms with Crippen LogP contribution < -0.4 is 5.32 Å². The third-order valence-corrected chi connectivity index (χ3v) is 3.48. The topological polar surface area (TPSA) is 130 Å². The van der Waals surface area contributed by atoms with E-state index in [-0.39, 0.29) is 23.7 Å². The van der Waals surface area contributed by atoms with Crippen molar-refractivity contribution < 1.29 is 23.7 Å². The van der Waals surface area contributed by atoms with E-state index in [9.17, 15) is 14.9 Å². The Morgan fingerprint density at radius 3 is 2.85 bits per heavy atom. The summed E-state index contributed by atoms with van der Waals surface area (Å²) in [6.07, 6.45) is 0.649. The standard InChI is InChI=1S/C17H22N4O6/c1-11(2)8-15-19-16(27-20-15)10-26-17(22)13-9-12(21(23)24)4-5-14(13)18-6-7-25-3/h4-5,9,11,18H,6-8,10H2,1-3H3. The van der Waals surface area contributed by atoms with E-state index in [0.29, 0.717) is 37.0 Å². The molecule has 0 radical (unpaired) electrons. The number of nitro benzene ring substituents is 1. The van der Waals surface area contributed by atoms with Crippen molar-refractivity contribution in [3.63, 3.8) is 0 Å². The summed E-state index contributed by atoms with van der Waals surface area (Å²) >= 11 is 0. The molecule has 146 valence electrons. The lowest BCUT2D eigenvalue weighted by atomic mass is 10.1. The van der Waals surface area contributed by atoms with Crippen LogP contribution in [0.3, 0.4) is 0 Å². The molecule has 27 heavy (non-hydrogen) atoms. The van der Waals surface area contributed by atoms with E-state index in [1.165, 1.54) is 12.1 Å². The average Bonchev–Trinajstić information content (AvgIpc) is 3.06. The number of benzene rings is 1. The van der Waals surface area contributed by atoms with E-state index in [1.54, 1.807) is 7.11 Å². The second kappa shape index (κ2) is 9.62. The van der Waals surface area contributed by atoms with Crippen LogP contribution in [0, 0.1) is 16.0 Å². The first kappa shape index (κ1) is 20.3. The molecule has 10 nitrogen and oxygen atoms in total. The van der Waals surface area contributed by atoms with Gasteiger partial charge in [-0.3, -0.25) is 10.1 Å². The van der Waals surface area contributed by atoms with Gasteiger partial charge >= 0.3 is 5.97 Å². The molecule has 0 fully saturated rings. The number of nitro groups is 1. The second-order valence-corrected chi connectivity index (χ2v) is 6.19. The SMILES string of the molecule is COCCNc1ccc([N+](=O)[O-])cc1C(=O)OCc1nc(CC(C)C)no1. The number of nitrogens with zero attached hydrogens (tertiary/aromatic N) is 3. The zero-order valence-electron chi connectivity index (χ0n) is 15.4. The van der Waals surface area contributed by atoms with Crippen LogP contribution in [-0.4, -0.2) is 41.3 Å². The van der Waals surface area contributed by atoms with Gasteiger partial charge < -0.3 is 19.3 Å². The molecule has 0 bridgehead atoms. The van der Waals surface area contributed by atoms with Gasteiger partial charge in [-0.1, -0.05) is 19.0 Å². The van der Waals surface area contributed by atoms with Crippen molar-refractivity contribution in [2.75, 3.05) is 25.6 Å². The minimum atomic E-state index is -0.734. The second-order valence-electron chi connectivity index (χ2n) is 6.19. The number of aromatic nitrogens is 2. The number of rotatable bonds is 10. The number of anilines is 1. The summed E-state index contributed by atoms with van der Waals surface area (Å²) in [6.45, 7) is 4.67. The molecule has 1 aromatic carbocycles. The Balaban J connectivity index is 2.09. The van der Waals surface area contributed by atoms with E-state index in [0.717, 1.165) is 6.07 Å². The highest BCUT2D eigenvalue weighted by Crippen LogP contribution is 2.23. The lowest BCUT2D eigenvalue weighted by molar-refractivity contribution is -0.384. The molecule has 2 aromatic rings. The van der Waals surface area contributed by atoms with Crippen LogP contribution in [0.1, 0.15) is 35.9 Å². The highest BCUT2D eigenvalue weighted by Gasteiger charge is 2.19. The van der Waals surface area contributed by atoms with Crippen LogP contribution in [0.25, 0.3) is 0 Å². The van der Waals surface area contributed by atoms with Gasteiger partial charge in [0.05, 0.1) is 17.1 Å². The van der Waals surface area contributed by atoms with Gasteiger partial charge in [-0.25, -0.2) is 4.79 Å². The molecule has 0 amide bonds. The van der Waals surface area contributed by atoms with E-state index in [2.05, 4.69) is 15.5 Å². The van der Waals surface area contributed by atoms with Gasteiger partial charge in [0.2, 0.25) is 0 Å². The van der Waals surface area contributed by atoms with E-state index >= 15 is 0 Å². The van der Waals surface area contributed by atoms with Gasteiger partial charge in [0.25, 0.3) is 11.6 Å². The maximum absolute atomic E-state index is 12.4. The van der Waals surface area contributed by atoms with Crippen LogP contribution in [0.2, 0.25) is 0 Å². The first-order valence-electron chi connectivity index (χ1n) is 8.40. The highest BCUT2D eigenvalue weighted by atomic mass is 16.6. The fourth-order valence-corrected chi connectivity index (χ4v) is 2.26. The maximum atomic E-state index is 12.4. The first-order chi connectivity index (χ1) is 12.9. The summed E-state index contributed by atoms with van der Waals surface area (Å²) in [5.74, 6) is 0.331. The summed E-state index contributed by atoms with van der Waals surface area (Å²) in [4.78, 5) is 27.0. The Hall–Kier alpha value is -3.01. The number of nitrogens with one attached hydrogen (secondary N) is 1. The van der Waals surface area contributed by atoms with Gasteiger partial charge in [-0.2, -0.15) is 4.98 Å². The van der Waals surface area contributed by atoms with Crippen molar-refractivity contribution in [1.82, 2.24) is 10.1 Å². The molecule has 0 unspecified atom stereocenters. The third-order valence-electron chi connectivity index (χ3n) is 3.48. The van der Waals surface area contributed by atoms with Crippen LogP contribution >= 0.6 is 0 Å².